The maximum absolute atomic E-state index is 13.3. The summed E-state index contributed by atoms with van der Waals surface area (Å²) in [6.07, 6.45) is 2.19. The fourth-order valence-corrected chi connectivity index (χ4v) is 11.8. The third-order valence-electron chi connectivity index (χ3n) is 7.14. The molecule has 2 rings (SSSR count). The Hall–Kier alpha value is -0.884. The maximum atomic E-state index is 13.3. The Bertz CT molecular complexity index is 727. The van der Waals surface area contributed by atoms with Gasteiger partial charge in [-0.2, -0.15) is 0 Å². The summed E-state index contributed by atoms with van der Waals surface area (Å²) in [5.74, 6) is 1.09. The number of nitro groups is 1. The predicted octanol–water partition coefficient (Wildman–Crippen LogP) is 5.69. The molecule has 1 aromatic carbocycles. The van der Waals surface area contributed by atoms with Crippen LogP contribution in [0.4, 0.5) is 5.69 Å². The monoisotopic (exact) mass is 487 g/mol. The first-order valence-electron chi connectivity index (χ1n) is 10.9. The molecule has 4 atom stereocenters. The van der Waals surface area contributed by atoms with Gasteiger partial charge in [-0.25, -0.2) is 0 Å². The summed E-state index contributed by atoms with van der Waals surface area (Å²) < 4.78 is 20.6. The minimum absolute atomic E-state index is 0.000386. The zero-order chi connectivity index (χ0) is 21.8. The van der Waals surface area contributed by atoms with Gasteiger partial charge < -0.3 is 0 Å². The van der Waals surface area contributed by atoms with Crippen molar-refractivity contribution in [2.24, 2.45) is 17.8 Å². The quantitative estimate of drug-likeness (QED) is 0.242. The third kappa shape index (κ3) is 5.43. The van der Waals surface area contributed by atoms with E-state index >= 15 is 0 Å². The first-order valence-corrected chi connectivity index (χ1v) is 16.2. The third-order valence-corrected chi connectivity index (χ3v) is 15.2. The summed E-state index contributed by atoms with van der Waals surface area (Å²) in [6, 6.07) is 9.89. The van der Waals surface area contributed by atoms with Crippen molar-refractivity contribution >= 4 is 32.3 Å². The average Bonchev–Trinajstić information content (AvgIpc) is 3.07. The van der Waals surface area contributed by atoms with E-state index in [1.165, 1.54) is 6.07 Å². The molecule has 1 fully saturated rings. The van der Waals surface area contributed by atoms with E-state index in [-0.39, 0.29) is 17.2 Å². The van der Waals surface area contributed by atoms with Crippen molar-refractivity contribution in [3.05, 3.63) is 34.4 Å². The molecule has 0 amide bonds. The SMILES string of the molecule is CC[Si](CC)(CC)OC(C)(C)[C@@H]1CC[C@H](C)[C@H]1C[Se](=O)c1ccccc1[N+](=O)[O-]. The Morgan fingerprint density at radius 3 is 2.31 bits per heavy atom. The molecular formula is C22H37NO4SeSi. The van der Waals surface area contributed by atoms with Gasteiger partial charge in [-0.15, -0.1) is 0 Å². The summed E-state index contributed by atoms with van der Waals surface area (Å²) in [7, 11) is -1.76. The van der Waals surface area contributed by atoms with E-state index in [0.29, 0.717) is 21.6 Å². The van der Waals surface area contributed by atoms with Gasteiger partial charge in [0.25, 0.3) is 0 Å². The van der Waals surface area contributed by atoms with Gasteiger partial charge in [0.2, 0.25) is 0 Å². The second-order valence-electron chi connectivity index (χ2n) is 9.01. The normalized spacial score (nSPS) is 23.9. The first kappa shape index (κ1) is 24.4. The fraction of sp³-hybridized carbons (Fsp3) is 0.727. The van der Waals surface area contributed by atoms with Gasteiger partial charge in [0.1, 0.15) is 0 Å². The van der Waals surface area contributed by atoms with Gasteiger partial charge >= 0.3 is 181 Å². The van der Waals surface area contributed by atoms with Crippen molar-refractivity contribution in [1.82, 2.24) is 0 Å². The van der Waals surface area contributed by atoms with Crippen LogP contribution < -0.4 is 4.46 Å². The van der Waals surface area contributed by atoms with Crippen molar-refractivity contribution in [2.75, 3.05) is 0 Å². The van der Waals surface area contributed by atoms with Crippen molar-refractivity contribution in [2.45, 2.75) is 83.4 Å². The van der Waals surface area contributed by atoms with Crippen molar-refractivity contribution in [3.8, 4) is 0 Å². The number of nitrogens with zero attached hydrogens (tertiary/aromatic N) is 1. The zero-order valence-electron chi connectivity index (χ0n) is 18.8. The standard InChI is InChI=1S/C22H37NO4SeSi/c1-7-29(8-2,9-3)27-22(5,6)19-15-14-17(4)18(19)16-28(26)21-13-11-10-12-20(21)23(24)25/h10-13,17-19H,7-9,14-16H2,1-6H3/t17-,18+,19+,28?/m0/s1. The van der Waals surface area contributed by atoms with E-state index in [9.17, 15) is 13.9 Å². The molecule has 0 N–H and O–H groups in total. The number of benzene rings is 1. The second kappa shape index (κ2) is 9.95. The molecule has 1 unspecified atom stereocenters. The summed E-state index contributed by atoms with van der Waals surface area (Å²) in [6.45, 7) is 13.4. The summed E-state index contributed by atoms with van der Waals surface area (Å²) in [5, 5.41) is 11.9. The molecule has 29 heavy (non-hydrogen) atoms. The van der Waals surface area contributed by atoms with Gasteiger partial charge in [-0.3, -0.25) is 0 Å². The molecule has 0 radical (unpaired) electrons. The molecule has 0 spiro atoms. The van der Waals surface area contributed by atoms with E-state index in [1.807, 2.05) is 0 Å². The molecule has 7 heteroatoms. The summed E-state index contributed by atoms with van der Waals surface area (Å²) in [5.41, 5.74) is -0.252. The van der Waals surface area contributed by atoms with Gasteiger partial charge in [0.15, 0.2) is 0 Å². The molecule has 1 aliphatic rings. The Morgan fingerprint density at radius 1 is 1.17 bits per heavy atom. The van der Waals surface area contributed by atoms with Crippen LogP contribution in [0.2, 0.25) is 23.5 Å². The fourth-order valence-electron chi connectivity index (χ4n) is 5.08. The molecule has 1 saturated carbocycles. The van der Waals surface area contributed by atoms with Crippen LogP contribution in [0.5, 0.6) is 0 Å². The van der Waals surface area contributed by atoms with E-state index in [4.69, 9.17) is 4.43 Å². The number of hydrogen-bond acceptors (Lipinski definition) is 4. The van der Waals surface area contributed by atoms with Crippen LogP contribution in [0.3, 0.4) is 0 Å². The Balaban J connectivity index is 2.25. The van der Waals surface area contributed by atoms with Gasteiger partial charge in [-0.1, -0.05) is 0 Å². The molecule has 0 saturated heterocycles. The van der Waals surface area contributed by atoms with Gasteiger partial charge in [0.05, 0.1) is 0 Å². The Labute approximate surface area is 181 Å². The number of rotatable bonds is 10. The van der Waals surface area contributed by atoms with Crippen LogP contribution in [-0.2, 0) is 8.26 Å². The molecule has 1 aliphatic carbocycles. The Morgan fingerprint density at radius 2 is 1.76 bits per heavy atom. The predicted molar refractivity (Wildman–Crippen MR) is 122 cm³/mol. The van der Waals surface area contributed by atoms with Crippen LogP contribution in [0, 0.1) is 27.9 Å². The van der Waals surface area contributed by atoms with Crippen LogP contribution in [0.25, 0.3) is 0 Å². The molecule has 1 aromatic rings. The molecule has 0 aromatic heterocycles. The van der Waals surface area contributed by atoms with Crippen molar-refractivity contribution in [3.63, 3.8) is 0 Å². The Kier molecular flexibility index (Phi) is 8.37. The second-order valence-corrected chi connectivity index (χ2v) is 16.8. The number of para-hydroxylation sites is 1. The zero-order valence-corrected chi connectivity index (χ0v) is 21.5. The molecule has 164 valence electrons. The van der Waals surface area contributed by atoms with E-state index in [0.717, 1.165) is 31.0 Å². The van der Waals surface area contributed by atoms with Crippen LogP contribution in [0.15, 0.2) is 24.3 Å². The van der Waals surface area contributed by atoms with Crippen molar-refractivity contribution < 1.29 is 13.2 Å². The van der Waals surface area contributed by atoms with E-state index in [2.05, 4.69) is 41.5 Å². The van der Waals surface area contributed by atoms with Crippen LogP contribution in [0.1, 0.15) is 54.4 Å². The molecule has 0 aliphatic heterocycles. The van der Waals surface area contributed by atoms with E-state index < -0.39 is 27.1 Å². The molecular weight excluding hydrogens is 449 g/mol. The van der Waals surface area contributed by atoms with Crippen molar-refractivity contribution in [1.29, 1.82) is 0 Å². The topological polar surface area (TPSA) is 69.4 Å². The van der Waals surface area contributed by atoms with Crippen LogP contribution >= 0.6 is 0 Å². The van der Waals surface area contributed by atoms with Gasteiger partial charge in [0, 0.05) is 0 Å². The molecule has 0 bridgehead atoms. The van der Waals surface area contributed by atoms with Crippen LogP contribution in [-0.4, -0.2) is 32.7 Å². The molecule has 5 nitrogen and oxygen atoms in total. The summed E-state index contributed by atoms with van der Waals surface area (Å²) >= 11 is -2.51. The average molecular weight is 487 g/mol. The van der Waals surface area contributed by atoms with Gasteiger partial charge in [-0.05, 0) is 0 Å². The molecule has 0 heterocycles. The first-order chi connectivity index (χ1) is 13.6. The minimum atomic E-state index is -2.51. The van der Waals surface area contributed by atoms with E-state index in [1.54, 1.807) is 18.2 Å². The number of nitro benzene ring substituents is 1. The number of hydrogen-bond donors (Lipinski definition) is 0. The summed E-state index contributed by atoms with van der Waals surface area (Å²) in [4.78, 5) is 11.0.